The highest BCUT2D eigenvalue weighted by Gasteiger charge is 2.45. The zero-order valence-corrected chi connectivity index (χ0v) is 12.5. The van der Waals surface area contributed by atoms with Crippen molar-refractivity contribution in [2.24, 2.45) is 10.8 Å². The van der Waals surface area contributed by atoms with Crippen molar-refractivity contribution in [3.05, 3.63) is 34.6 Å². The van der Waals surface area contributed by atoms with E-state index in [4.69, 9.17) is 11.6 Å². The Morgan fingerprint density at radius 2 is 1.90 bits per heavy atom. The Balaban J connectivity index is 2.33. The van der Waals surface area contributed by atoms with Crippen LogP contribution in [-0.2, 0) is 0 Å². The van der Waals surface area contributed by atoms with Crippen LogP contribution in [0.4, 0.5) is 4.39 Å². The monoisotopic (exact) mass is 295 g/mol. The standard InChI is InChI=1S/C16H19ClFNO/c1-15(2)5-7-16(10-19,8-6-15)14(20)12-9-11(17)3-4-13(12)18/h3-4,9,14,20H,5-8H2,1-2H3. The van der Waals surface area contributed by atoms with Gasteiger partial charge in [-0.1, -0.05) is 25.4 Å². The molecule has 0 amide bonds. The van der Waals surface area contributed by atoms with Crippen LogP contribution in [0.15, 0.2) is 18.2 Å². The molecule has 1 aromatic carbocycles. The zero-order valence-electron chi connectivity index (χ0n) is 11.8. The molecular weight excluding hydrogens is 277 g/mol. The first kappa shape index (κ1) is 15.3. The van der Waals surface area contributed by atoms with Crippen LogP contribution in [0.2, 0.25) is 5.02 Å². The molecule has 2 nitrogen and oxygen atoms in total. The fourth-order valence-electron chi connectivity index (χ4n) is 2.84. The summed E-state index contributed by atoms with van der Waals surface area (Å²) in [6.45, 7) is 4.31. The molecule has 1 aliphatic carbocycles. The number of nitrogens with zero attached hydrogens (tertiary/aromatic N) is 1. The quantitative estimate of drug-likeness (QED) is 0.865. The summed E-state index contributed by atoms with van der Waals surface area (Å²) in [5.41, 5.74) is -0.618. The summed E-state index contributed by atoms with van der Waals surface area (Å²) in [4.78, 5) is 0. The summed E-state index contributed by atoms with van der Waals surface area (Å²) in [6, 6.07) is 6.33. The topological polar surface area (TPSA) is 44.0 Å². The third-order valence-corrected chi connectivity index (χ3v) is 4.73. The largest absolute Gasteiger partial charge is 0.387 e. The van der Waals surface area contributed by atoms with Crippen LogP contribution in [-0.4, -0.2) is 5.11 Å². The fourth-order valence-corrected chi connectivity index (χ4v) is 3.02. The van der Waals surface area contributed by atoms with Gasteiger partial charge in [0.05, 0.1) is 11.5 Å². The smallest absolute Gasteiger partial charge is 0.129 e. The molecule has 1 aliphatic rings. The normalized spacial score (nSPS) is 22.0. The minimum atomic E-state index is -1.14. The Labute approximate surface area is 124 Å². The number of nitriles is 1. The third-order valence-electron chi connectivity index (χ3n) is 4.49. The molecule has 1 N–H and O–H groups in total. The van der Waals surface area contributed by atoms with Gasteiger partial charge in [0.2, 0.25) is 0 Å². The number of aliphatic hydroxyl groups is 1. The molecule has 0 aliphatic heterocycles. The van der Waals surface area contributed by atoms with Gasteiger partial charge >= 0.3 is 0 Å². The van der Waals surface area contributed by atoms with Crippen molar-refractivity contribution in [1.82, 2.24) is 0 Å². The maximum Gasteiger partial charge on any atom is 0.129 e. The predicted octanol–water partition coefficient (Wildman–Crippen LogP) is 4.62. The number of halogens is 2. The van der Waals surface area contributed by atoms with E-state index in [0.717, 1.165) is 12.8 Å². The van der Waals surface area contributed by atoms with E-state index in [1.54, 1.807) is 0 Å². The van der Waals surface area contributed by atoms with E-state index in [9.17, 15) is 14.8 Å². The van der Waals surface area contributed by atoms with Crippen LogP contribution < -0.4 is 0 Å². The van der Waals surface area contributed by atoms with Crippen molar-refractivity contribution in [2.45, 2.75) is 45.6 Å². The van der Waals surface area contributed by atoms with Crippen LogP contribution >= 0.6 is 11.6 Å². The van der Waals surface area contributed by atoms with Gasteiger partial charge in [-0.3, -0.25) is 0 Å². The molecule has 0 saturated heterocycles. The van der Waals surface area contributed by atoms with Crippen LogP contribution in [0.5, 0.6) is 0 Å². The first-order valence-corrected chi connectivity index (χ1v) is 7.22. The molecule has 20 heavy (non-hydrogen) atoms. The van der Waals surface area contributed by atoms with E-state index in [2.05, 4.69) is 19.9 Å². The molecule has 1 atom stereocenters. The maximum absolute atomic E-state index is 13.9. The summed E-state index contributed by atoms with van der Waals surface area (Å²) < 4.78 is 13.9. The molecule has 4 heteroatoms. The lowest BCUT2D eigenvalue weighted by atomic mass is 9.62. The Morgan fingerprint density at radius 3 is 2.45 bits per heavy atom. The molecule has 1 saturated carbocycles. The Morgan fingerprint density at radius 1 is 1.30 bits per heavy atom. The number of hydrogen-bond donors (Lipinski definition) is 1. The van der Waals surface area contributed by atoms with Crippen LogP contribution in [0.25, 0.3) is 0 Å². The van der Waals surface area contributed by atoms with Gasteiger partial charge in [-0.25, -0.2) is 4.39 Å². The molecular formula is C16H19ClFNO. The molecule has 0 bridgehead atoms. The van der Waals surface area contributed by atoms with Crippen molar-refractivity contribution >= 4 is 11.6 Å². The van der Waals surface area contributed by atoms with E-state index >= 15 is 0 Å². The lowest BCUT2D eigenvalue weighted by Crippen LogP contribution is -2.35. The van der Waals surface area contributed by atoms with E-state index < -0.39 is 17.3 Å². The van der Waals surface area contributed by atoms with Crippen molar-refractivity contribution in [3.63, 3.8) is 0 Å². The summed E-state index contributed by atoms with van der Waals surface area (Å²) in [5, 5.41) is 20.5. The Kier molecular flexibility index (Phi) is 4.09. The van der Waals surface area contributed by atoms with E-state index in [-0.39, 0.29) is 11.0 Å². The van der Waals surface area contributed by atoms with Gasteiger partial charge in [0, 0.05) is 10.6 Å². The average Bonchev–Trinajstić information content (AvgIpc) is 2.41. The first-order chi connectivity index (χ1) is 9.30. The molecule has 1 aromatic rings. The van der Waals surface area contributed by atoms with Crippen LogP contribution in [0.3, 0.4) is 0 Å². The minimum Gasteiger partial charge on any atom is -0.387 e. The number of hydrogen-bond acceptors (Lipinski definition) is 2. The summed E-state index contributed by atoms with van der Waals surface area (Å²) in [7, 11) is 0. The maximum atomic E-state index is 13.9. The highest BCUT2D eigenvalue weighted by atomic mass is 35.5. The van der Waals surface area contributed by atoms with E-state index in [1.165, 1.54) is 18.2 Å². The van der Waals surface area contributed by atoms with Gasteiger partial charge in [-0.05, 0) is 49.3 Å². The highest BCUT2D eigenvalue weighted by molar-refractivity contribution is 6.30. The van der Waals surface area contributed by atoms with Gasteiger partial charge < -0.3 is 5.11 Å². The van der Waals surface area contributed by atoms with E-state index in [1.807, 2.05) is 0 Å². The van der Waals surface area contributed by atoms with Crippen molar-refractivity contribution in [3.8, 4) is 6.07 Å². The van der Waals surface area contributed by atoms with Crippen molar-refractivity contribution < 1.29 is 9.50 Å². The van der Waals surface area contributed by atoms with Gasteiger partial charge in [-0.15, -0.1) is 0 Å². The minimum absolute atomic E-state index is 0.124. The Hall–Kier alpha value is -1.11. The fraction of sp³-hybridized carbons (Fsp3) is 0.562. The first-order valence-electron chi connectivity index (χ1n) is 6.84. The molecule has 0 aromatic heterocycles. The second-order valence-electron chi connectivity index (χ2n) is 6.50. The van der Waals surface area contributed by atoms with E-state index in [0.29, 0.717) is 17.9 Å². The zero-order chi connectivity index (χ0) is 15.0. The SMILES string of the molecule is CC1(C)CCC(C#N)(C(O)c2cc(Cl)ccc2F)CC1. The molecule has 0 radical (unpaired) electrons. The lowest BCUT2D eigenvalue weighted by molar-refractivity contribution is 0.00753. The molecule has 108 valence electrons. The van der Waals surface area contributed by atoms with Crippen molar-refractivity contribution in [2.75, 3.05) is 0 Å². The van der Waals surface area contributed by atoms with Gasteiger partial charge in [0.25, 0.3) is 0 Å². The molecule has 1 fully saturated rings. The third kappa shape index (κ3) is 2.82. The van der Waals surface area contributed by atoms with Crippen LogP contribution in [0, 0.1) is 28.0 Å². The summed E-state index contributed by atoms with van der Waals surface area (Å²) in [6.07, 6.45) is 1.70. The summed E-state index contributed by atoms with van der Waals surface area (Å²) in [5.74, 6) is -0.513. The van der Waals surface area contributed by atoms with Crippen LogP contribution in [0.1, 0.15) is 51.2 Å². The van der Waals surface area contributed by atoms with Crippen molar-refractivity contribution in [1.29, 1.82) is 5.26 Å². The number of aliphatic hydroxyl groups excluding tert-OH is 1. The highest BCUT2D eigenvalue weighted by Crippen LogP contribution is 2.51. The summed E-state index contributed by atoms with van der Waals surface area (Å²) >= 11 is 5.87. The van der Waals surface area contributed by atoms with Gasteiger partial charge in [0.15, 0.2) is 0 Å². The van der Waals surface area contributed by atoms with Gasteiger partial charge in [0.1, 0.15) is 11.9 Å². The average molecular weight is 296 g/mol. The lowest BCUT2D eigenvalue weighted by Gasteiger charge is -2.42. The Bertz CT molecular complexity index is 540. The molecule has 1 unspecified atom stereocenters. The molecule has 2 rings (SSSR count). The van der Waals surface area contributed by atoms with Gasteiger partial charge in [-0.2, -0.15) is 5.26 Å². The number of rotatable bonds is 2. The predicted molar refractivity (Wildman–Crippen MR) is 76.7 cm³/mol. The second-order valence-corrected chi connectivity index (χ2v) is 6.94. The molecule has 0 spiro atoms. The molecule has 0 heterocycles. The number of benzene rings is 1. The second kappa shape index (κ2) is 5.35.